The van der Waals surface area contributed by atoms with Gasteiger partial charge in [0.25, 0.3) is 0 Å². The highest BCUT2D eigenvalue weighted by molar-refractivity contribution is 5.79. The maximum absolute atomic E-state index is 9.58. The van der Waals surface area contributed by atoms with Gasteiger partial charge in [-0.1, -0.05) is 6.42 Å². The van der Waals surface area contributed by atoms with Crippen molar-refractivity contribution >= 4 is 16.7 Å². The molecule has 1 aromatic carbocycles. The van der Waals surface area contributed by atoms with Gasteiger partial charge in [-0.2, -0.15) is 0 Å². The second kappa shape index (κ2) is 6.03. The number of aliphatic hydroxyl groups excluding tert-OH is 1. The van der Waals surface area contributed by atoms with E-state index in [1.54, 1.807) is 0 Å². The van der Waals surface area contributed by atoms with Crippen molar-refractivity contribution in [2.24, 2.45) is 0 Å². The third kappa shape index (κ3) is 2.89. The molecule has 2 heterocycles. The van der Waals surface area contributed by atoms with Crippen molar-refractivity contribution in [3.8, 4) is 0 Å². The van der Waals surface area contributed by atoms with Crippen LogP contribution in [0, 0.1) is 0 Å². The molecule has 5 heteroatoms. The summed E-state index contributed by atoms with van der Waals surface area (Å²) in [5.41, 5.74) is 8.45. The summed E-state index contributed by atoms with van der Waals surface area (Å²) in [5.74, 6) is 0.722. The lowest BCUT2D eigenvalue weighted by molar-refractivity contribution is 0.157. The zero-order chi connectivity index (χ0) is 14.8. The van der Waals surface area contributed by atoms with Gasteiger partial charge in [0.15, 0.2) is 0 Å². The zero-order valence-electron chi connectivity index (χ0n) is 12.6. The first-order valence-corrected chi connectivity index (χ1v) is 7.78. The molecular formula is C16H24N4O. The predicted molar refractivity (Wildman–Crippen MR) is 85.0 cm³/mol. The maximum atomic E-state index is 9.58. The number of benzene rings is 1. The van der Waals surface area contributed by atoms with Crippen LogP contribution in [0.4, 0.5) is 5.69 Å². The van der Waals surface area contributed by atoms with Gasteiger partial charge in [0.1, 0.15) is 12.4 Å². The van der Waals surface area contributed by atoms with E-state index in [9.17, 15) is 5.11 Å². The molecule has 0 spiro atoms. The number of imidazole rings is 1. The van der Waals surface area contributed by atoms with E-state index in [0.29, 0.717) is 11.7 Å². The monoisotopic (exact) mass is 288 g/mol. The number of nitrogen functional groups attached to an aromatic ring is 1. The van der Waals surface area contributed by atoms with Gasteiger partial charge in [0.05, 0.1) is 11.0 Å². The minimum absolute atomic E-state index is 0.0404. The Morgan fingerprint density at radius 2 is 2.05 bits per heavy atom. The molecule has 1 atom stereocenters. The molecule has 0 amide bonds. The van der Waals surface area contributed by atoms with Crippen molar-refractivity contribution < 1.29 is 5.11 Å². The summed E-state index contributed by atoms with van der Waals surface area (Å²) in [4.78, 5) is 7.04. The van der Waals surface area contributed by atoms with Gasteiger partial charge >= 0.3 is 0 Å². The van der Waals surface area contributed by atoms with Crippen molar-refractivity contribution in [3.63, 3.8) is 0 Å². The lowest BCUT2D eigenvalue weighted by Gasteiger charge is -2.32. The van der Waals surface area contributed by atoms with Crippen LogP contribution in [0.15, 0.2) is 18.2 Å². The summed E-state index contributed by atoms with van der Waals surface area (Å²) < 4.78 is 2.13. The van der Waals surface area contributed by atoms with Crippen LogP contribution in [0.2, 0.25) is 0 Å². The van der Waals surface area contributed by atoms with E-state index in [-0.39, 0.29) is 6.61 Å². The summed E-state index contributed by atoms with van der Waals surface area (Å²) in [6, 6.07) is 6.22. The summed E-state index contributed by atoms with van der Waals surface area (Å²) >= 11 is 0. The van der Waals surface area contributed by atoms with Gasteiger partial charge in [-0.15, -0.1) is 0 Å². The minimum Gasteiger partial charge on any atom is -0.399 e. The van der Waals surface area contributed by atoms with Crippen molar-refractivity contribution in [2.45, 2.75) is 45.4 Å². The number of likely N-dealkylation sites (tertiary alicyclic amines) is 1. The number of fused-ring (bicyclic) bond motifs is 1. The molecular weight excluding hydrogens is 264 g/mol. The molecule has 1 aliphatic rings. The fourth-order valence-corrected chi connectivity index (χ4v) is 3.26. The zero-order valence-corrected chi connectivity index (χ0v) is 12.6. The normalized spacial score (nSPS) is 18.2. The summed E-state index contributed by atoms with van der Waals surface area (Å²) in [7, 11) is 0. The highest BCUT2D eigenvalue weighted by Gasteiger charge is 2.19. The van der Waals surface area contributed by atoms with E-state index < -0.39 is 0 Å². The van der Waals surface area contributed by atoms with Crippen LogP contribution in [0.1, 0.15) is 32.0 Å². The maximum Gasteiger partial charge on any atom is 0.135 e. The Hall–Kier alpha value is -1.59. The van der Waals surface area contributed by atoms with Gasteiger partial charge in [-0.25, -0.2) is 4.98 Å². The lowest BCUT2D eigenvalue weighted by atomic mass is 10.1. The molecule has 21 heavy (non-hydrogen) atoms. The molecule has 0 aliphatic carbocycles. The largest absolute Gasteiger partial charge is 0.399 e. The second-order valence-corrected chi connectivity index (χ2v) is 5.99. The number of nitrogens with two attached hydrogens (primary N) is 1. The Kier molecular flexibility index (Phi) is 4.12. The molecule has 3 N–H and O–H groups in total. The molecule has 1 aliphatic heterocycles. The van der Waals surface area contributed by atoms with Crippen molar-refractivity contribution in [3.05, 3.63) is 24.0 Å². The van der Waals surface area contributed by atoms with Crippen LogP contribution in [0.25, 0.3) is 11.0 Å². The topological polar surface area (TPSA) is 67.3 Å². The fourth-order valence-electron chi connectivity index (χ4n) is 3.26. The van der Waals surface area contributed by atoms with E-state index in [2.05, 4.69) is 21.4 Å². The van der Waals surface area contributed by atoms with Crippen LogP contribution in [-0.2, 0) is 13.2 Å². The Labute approximate surface area is 125 Å². The van der Waals surface area contributed by atoms with Crippen LogP contribution < -0.4 is 5.73 Å². The van der Waals surface area contributed by atoms with Crippen molar-refractivity contribution in [1.82, 2.24) is 14.5 Å². The first-order valence-electron chi connectivity index (χ1n) is 7.78. The standard InChI is InChI=1S/C16H24N4O/c1-12(19-7-3-2-4-8-19)10-20-15-6-5-13(17)9-14(15)18-16(20)11-21/h5-6,9,12,21H,2-4,7-8,10-11,17H2,1H3. The molecule has 1 unspecified atom stereocenters. The molecule has 1 fully saturated rings. The van der Waals surface area contributed by atoms with E-state index in [1.807, 2.05) is 18.2 Å². The number of rotatable bonds is 4. The van der Waals surface area contributed by atoms with E-state index in [4.69, 9.17) is 5.73 Å². The predicted octanol–water partition coefficient (Wildman–Crippen LogP) is 1.99. The van der Waals surface area contributed by atoms with Gasteiger partial charge in [0, 0.05) is 18.3 Å². The molecule has 5 nitrogen and oxygen atoms in total. The number of piperidine rings is 1. The smallest absolute Gasteiger partial charge is 0.135 e. The van der Waals surface area contributed by atoms with E-state index in [0.717, 1.165) is 23.4 Å². The molecule has 0 bridgehead atoms. The fraction of sp³-hybridized carbons (Fsp3) is 0.562. The summed E-state index contributed by atoms with van der Waals surface area (Å²) in [5, 5.41) is 9.58. The van der Waals surface area contributed by atoms with Crippen molar-refractivity contribution in [1.29, 1.82) is 0 Å². The Morgan fingerprint density at radius 3 is 2.76 bits per heavy atom. The average molecular weight is 288 g/mol. The van der Waals surface area contributed by atoms with Gasteiger partial charge in [-0.05, 0) is 51.1 Å². The van der Waals surface area contributed by atoms with Crippen LogP contribution in [0.3, 0.4) is 0 Å². The van der Waals surface area contributed by atoms with Crippen LogP contribution in [-0.4, -0.2) is 38.7 Å². The lowest BCUT2D eigenvalue weighted by Crippen LogP contribution is -2.40. The van der Waals surface area contributed by atoms with Gasteiger partial charge in [-0.3, -0.25) is 4.90 Å². The Bertz CT molecular complexity index is 616. The quantitative estimate of drug-likeness (QED) is 0.844. The number of hydrogen-bond donors (Lipinski definition) is 2. The van der Waals surface area contributed by atoms with Crippen molar-refractivity contribution in [2.75, 3.05) is 18.8 Å². The number of nitrogens with zero attached hydrogens (tertiary/aromatic N) is 3. The molecule has 2 aromatic rings. The summed E-state index contributed by atoms with van der Waals surface area (Å²) in [6.07, 6.45) is 3.93. The average Bonchev–Trinajstić information content (AvgIpc) is 2.85. The number of aromatic nitrogens is 2. The highest BCUT2D eigenvalue weighted by atomic mass is 16.3. The first kappa shape index (κ1) is 14.4. The number of aliphatic hydroxyl groups is 1. The molecule has 114 valence electrons. The third-order valence-electron chi connectivity index (χ3n) is 4.45. The number of hydrogen-bond acceptors (Lipinski definition) is 4. The minimum atomic E-state index is -0.0404. The Morgan fingerprint density at radius 1 is 1.29 bits per heavy atom. The molecule has 0 radical (unpaired) electrons. The molecule has 0 saturated carbocycles. The molecule has 1 saturated heterocycles. The third-order valence-corrected chi connectivity index (χ3v) is 4.45. The van der Waals surface area contributed by atoms with Gasteiger partial charge in [0.2, 0.25) is 0 Å². The highest BCUT2D eigenvalue weighted by Crippen LogP contribution is 2.21. The number of anilines is 1. The van der Waals surface area contributed by atoms with E-state index in [1.165, 1.54) is 32.4 Å². The van der Waals surface area contributed by atoms with Crippen LogP contribution >= 0.6 is 0 Å². The Balaban J connectivity index is 1.88. The molecule has 1 aromatic heterocycles. The van der Waals surface area contributed by atoms with E-state index >= 15 is 0 Å². The first-order chi connectivity index (χ1) is 10.2. The molecule has 3 rings (SSSR count). The second-order valence-electron chi connectivity index (χ2n) is 5.99. The summed E-state index contributed by atoms with van der Waals surface area (Å²) in [6.45, 7) is 5.43. The van der Waals surface area contributed by atoms with Gasteiger partial charge < -0.3 is 15.4 Å². The SMILES string of the molecule is CC(Cn1c(CO)nc2cc(N)ccc21)N1CCCCC1. The van der Waals surface area contributed by atoms with Crippen LogP contribution in [0.5, 0.6) is 0 Å².